The average molecular weight is 507 g/mol. The fourth-order valence-electron chi connectivity index (χ4n) is 5.46. The van der Waals surface area contributed by atoms with E-state index in [0.717, 1.165) is 44.5 Å². The summed E-state index contributed by atoms with van der Waals surface area (Å²) in [4.78, 5) is 11.1. The molecule has 0 saturated carbocycles. The number of hydrogen-bond acceptors (Lipinski definition) is 3. The smallest absolute Gasteiger partial charge is 0.395 e. The van der Waals surface area contributed by atoms with Gasteiger partial charge in [0.2, 0.25) is 0 Å². The van der Waals surface area contributed by atoms with E-state index < -0.39 is 7.82 Å². The number of benzene rings is 4. The second-order valence-corrected chi connectivity index (χ2v) is 10.8. The molecule has 0 saturated heterocycles. The van der Waals surface area contributed by atoms with Crippen molar-refractivity contribution in [3.8, 4) is 0 Å². The van der Waals surface area contributed by atoms with E-state index in [1.165, 1.54) is 0 Å². The fourth-order valence-corrected chi connectivity index (χ4v) is 6.30. The Balaban J connectivity index is 1.42. The van der Waals surface area contributed by atoms with Crippen molar-refractivity contribution in [3.63, 3.8) is 0 Å². The van der Waals surface area contributed by atoms with Crippen LogP contribution in [-0.2, 0) is 13.6 Å². The Hall–Kier alpha value is -3.85. The molecule has 0 heterocycles. The van der Waals surface area contributed by atoms with Crippen LogP contribution in [0.15, 0.2) is 97.1 Å². The van der Waals surface area contributed by atoms with Gasteiger partial charge in [-0.3, -0.25) is 4.89 Å². The highest BCUT2D eigenvalue weighted by molar-refractivity contribution is 7.48. The normalized spacial score (nSPS) is 19.3. The van der Waals surface area contributed by atoms with Gasteiger partial charge in [0.15, 0.2) is 0 Å². The topological polar surface area (TPSA) is 55.8 Å². The Morgan fingerprint density at radius 3 is 1.35 bits per heavy atom. The number of phosphoric acid groups is 1. The highest BCUT2D eigenvalue weighted by Gasteiger charge is 2.33. The molecule has 0 fully saturated rings. The number of phosphoric ester groups is 1. The summed E-state index contributed by atoms with van der Waals surface area (Å²) in [7, 11) is -4.58. The SMILES string of the molecule is CC1c2ccccc2C=C(OP(=O)(O)OC2=Cc3ccccc3C(C)c3ccccc32)c2ccccc21. The summed E-state index contributed by atoms with van der Waals surface area (Å²) < 4.78 is 25.4. The van der Waals surface area contributed by atoms with E-state index in [9.17, 15) is 9.46 Å². The van der Waals surface area contributed by atoms with E-state index in [4.69, 9.17) is 9.05 Å². The first-order chi connectivity index (χ1) is 17.9. The van der Waals surface area contributed by atoms with Crippen LogP contribution < -0.4 is 0 Å². The zero-order valence-electron chi connectivity index (χ0n) is 20.7. The Morgan fingerprint density at radius 2 is 0.919 bits per heavy atom. The fraction of sp³-hybridized carbons (Fsp3) is 0.125. The molecule has 2 aliphatic carbocycles. The van der Waals surface area contributed by atoms with Crippen molar-refractivity contribution >= 4 is 31.5 Å². The van der Waals surface area contributed by atoms with Gasteiger partial charge in [0.05, 0.1) is 0 Å². The molecule has 6 rings (SSSR count). The van der Waals surface area contributed by atoms with Crippen LogP contribution >= 0.6 is 7.82 Å². The zero-order chi connectivity index (χ0) is 25.6. The van der Waals surface area contributed by atoms with Gasteiger partial charge in [-0.15, -0.1) is 0 Å². The molecular formula is C32H27O4P. The van der Waals surface area contributed by atoms with Gasteiger partial charge in [-0.1, -0.05) is 111 Å². The molecule has 1 N–H and O–H groups in total. The van der Waals surface area contributed by atoms with Crippen LogP contribution in [0.3, 0.4) is 0 Å². The summed E-state index contributed by atoms with van der Waals surface area (Å²) in [5.41, 5.74) is 7.77. The van der Waals surface area contributed by atoms with Crippen molar-refractivity contribution in [2.24, 2.45) is 0 Å². The van der Waals surface area contributed by atoms with E-state index >= 15 is 0 Å². The summed E-state index contributed by atoms with van der Waals surface area (Å²) in [6.45, 7) is 4.27. The lowest BCUT2D eigenvalue weighted by Crippen LogP contribution is -2.02. The highest BCUT2D eigenvalue weighted by atomic mass is 31.2. The predicted molar refractivity (Wildman–Crippen MR) is 149 cm³/mol. The molecule has 0 spiro atoms. The molecule has 0 aromatic heterocycles. The standard InChI is InChI=1S/C32H27O4P/c1-21-25-13-5-3-11-23(25)19-31(29-17-9-7-15-27(21)29)35-37(33,34)36-32-20-24-12-4-6-14-26(24)22(2)28-16-8-10-18-30(28)32/h3-22H,1-2H3,(H,33,34). The summed E-state index contributed by atoms with van der Waals surface area (Å²) in [6, 6.07) is 31.7. The van der Waals surface area contributed by atoms with E-state index in [1.807, 2.05) is 97.1 Å². The quantitative estimate of drug-likeness (QED) is 0.282. The number of hydrogen-bond donors (Lipinski definition) is 1. The van der Waals surface area contributed by atoms with Gasteiger partial charge in [0.25, 0.3) is 0 Å². The molecule has 184 valence electrons. The van der Waals surface area contributed by atoms with Gasteiger partial charge >= 0.3 is 7.82 Å². The van der Waals surface area contributed by atoms with Crippen LogP contribution in [0.2, 0.25) is 0 Å². The molecule has 0 radical (unpaired) electrons. The maximum absolute atomic E-state index is 13.6. The van der Waals surface area contributed by atoms with Crippen molar-refractivity contribution in [1.82, 2.24) is 0 Å². The van der Waals surface area contributed by atoms with Crippen LogP contribution in [-0.4, -0.2) is 4.89 Å². The van der Waals surface area contributed by atoms with E-state index in [0.29, 0.717) is 11.5 Å². The van der Waals surface area contributed by atoms with Crippen LogP contribution in [0, 0.1) is 0 Å². The molecule has 2 aliphatic rings. The third-order valence-corrected chi connectivity index (χ3v) is 8.17. The summed E-state index contributed by atoms with van der Waals surface area (Å²) in [5, 5.41) is 0. The Labute approximate surface area is 217 Å². The highest BCUT2D eigenvalue weighted by Crippen LogP contribution is 2.54. The molecule has 2 atom stereocenters. The van der Waals surface area contributed by atoms with Crippen LogP contribution in [0.1, 0.15) is 70.2 Å². The van der Waals surface area contributed by atoms with Gasteiger partial charge in [0, 0.05) is 23.0 Å². The zero-order valence-corrected chi connectivity index (χ0v) is 21.6. The monoisotopic (exact) mass is 506 g/mol. The van der Waals surface area contributed by atoms with Gasteiger partial charge in [-0.05, 0) is 45.5 Å². The minimum Gasteiger partial charge on any atom is -0.395 e. The lowest BCUT2D eigenvalue weighted by atomic mass is 9.89. The first-order valence-corrected chi connectivity index (χ1v) is 13.9. The molecule has 4 aromatic carbocycles. The first-order valence-electron chi connectivity index (χ1n) is 12.4. The summed E-state index contributed by atoms with van der Waals surface area (Å²) >= 11 is 0. The van der Waals surface area contributed by atoms with E-state index in [2.05, 4.69) is 26.0 Å². The van der Waals surface area contributed by atoms with E-state index in [-0.39, 0.29) is 11.8 Å². The van der Waals surface area contributed by atoms with Gasteiger partial charge in [-0.2, -0.15) is 0 Å². The number of fused-ring (bicyclic) bond motifs is 4. The summed E-state index contributed by atoms with van der Waals surface area (Å²) in [6.07, 6.45) is 3.66. The van der Waals surface area contributed by atoms with Crippen LogP contribution in [0.5, 0.6) is 0 Å². The Kier molecular flexibility index (Phi) is 5.87. The van der Waals surface area contributed by atoms with Gasteiger partial charge in [-0.25, -0.2) is 4.57 Å². The minimum absolute atomic E-state index is 0.0955. The van der Waals surface area contributed by atoms with Crippen molar-refractivity contribution in [3.05, 3.63) is 142 Å². The van der Waals surface area contributed by atoms with Crippen LogP contribution in [0.25, 0.3) is 23.7 Å². The molecular weight excluding hydrogens is 479 g/mol. The Bertz CT molecular complexity index is 1500. The average Bonchev–Trinajstić information content (AvgIpc) is 3.10. The molecule has 5 heteroatoms. The molecule has 0 bridgehead atoms. The molecule has 37 heavy (non-hydrogen) atoms. The van der Waals surface area contributed by atoms with Gasteiger partial charge in [0.1, 0.15) is 11.5 Å². The molecule has 0 amide bonds. The molecule has 2 unspecified atom stereocenters. The predicted octanol–water partition coefficient (Wildman–Crippen LogP) is 8.45. The minimum atomic E-state index is -4.58. The second-order valence-electron chi connectivity index (χ2n) is 9.54. The third kappa shape index (κ3) is 4.33. The molecule has 4 aromatic rings. The first kappa shape index (κ1) is 23.5. The summed E-state index contributed by atoms with van der Waals surface area (Å²) in [5.74, 6) is 0.820. The lowest BCUT2D eigenvalue weighted by Gasteiger charge is -2.20. The van der Waals surface area contributed by atoms with Crippen molar-refractivity contribution in [2.75, 3.05) is 0 Å². The second kappa shape index (κ2) is 9.23. The van der Waals surface area contributed by atoms with Crippen molar-refractivity contribution in [1.29, 1.82) is 0 Å². The maximum Gasteiger partial charge on any atom is 0.584 e. The largest absolute Gasteiger partial charge is 0.584 e. The lowest BCUT2D eigenvalue weighted by molar-refractivity contribution is 0.265. The molecule has 0 aliphatic heterocycles. The van der Waals surface area contributed by atoms with Crippen molar-refractivity contribution < 1.29 is 18.5 Å². The van der Waals surface area contributed by atoms with Gasteiger partial charge < -0.3 is 9.05 Å². The Morgan fingerprint density at radius 1 is 0.568 bits per heavy atom. The van der Waals surface area contributed by atoms with Crippen LogP contribution in [0.4, 0.5) is 0 Å². The number of rotatable bonds is 4. The third-order valence-electron chi connectivity index (χ3n) is 7.31. The van der Waals surface area contributed by atoms with E-state index in [1.54, 1.807) is 0 Å². The maximum atomic E-state index is 13.6. The molecule has 4 nitrogen and oxygen atoms in total. The van der Waals surface area contributed by atoms with Crippen molar-refractivity contribution in [2.45, 2.75) is 25.7 Å².